The molecule has 1 fully saturated rings. The van der Waals surface area contributed by atoms with Gasteiger partial charge in [-0.15, -0.1) is 0 Å². The summed E-state index contributed by atoms with van der Waals surface area (Å²) in [4.78, 5) is 10.4. The minimum Gasteiger partial charge on any atom is -0.403 e. The zero-order chi connectivity index (χ0) is 15.1. The molecule has 0 radical (unpaired) electrons. The highest BCUT2D eigenvalue weighted by atomic mass is 19.1. The van der Waals surface area contributed by atoms with Crippen molar-refractivity contribution in [2.45, 2.75) is 45.2 Å². The maximum Gasteiger partial charge on any atom is 0.462 e. The van der Waals surface area contributed by atoms with Crippen molar-refractivity contribution in [3.8, 4) is 0 Å². The predicted molar refractivity (Wildman–Crippen MR) is 72.8 cm³/mol. The number of benzene rings is 1. The van der Waals surface area contributed by atoms with Crippen molar-refractivity contribution >= 4 is 12.8 Å². The minimum absolute atomic E-state index is 0.212. The van der Waals surface area contributed by atoms with E-state index < -0.39 is 29.1 Å². The first kappa shape index (κ1) is 14.9. The van der Waals surface area contributed by atoms with Gasteiger partial charge in [0.1, 0.15) is 5.82 Å². The van der Waals surface area contributed by atoms with Crippen molar-refractivity contribution in [3.63, 3.8) is 0 Å². The second kappa shape index (κ2) is 4.82. The van der Waals surface area contributed by atoms with Crippen molar-refractivity contribution < 1.29 is 18.6 Å². The molecule has 1 aliphatic rings. The summed E-state index contributed by atoms with van der Waals surface area (Å²) in [7, 11) is -0.579. The summed E-state index contributed by atoms with van der Waals surface area (Å²) in [5, 5.41) is 11.0. The molecular formula is C13H17BFNO4. The largest absolute Gasteiger partial charge is 0.462 e. The SMILES string of the molecule is CC1(C)OB(Cc2ccc(F)cc2[N+](=O)[O-])OC1(C)C. The summed E-state index contributed by atoms with van der Waals surface area (Å²) in [6.45, 7) is 7.64. The fourth-order valence-electron chi connectivity index (χ4n) is 2.11. The van der Waals surface area contributed by atoms with E-state index in [1.165, 1.54) is 12.1 Å². The van der Waals surface area contributed by atoms with Crippen molar-refractivity contribution in [1.82, 2.24) is 0 Å². The second-order valence-corrected chi connectivity index (χ2v) is 5.92. The van der Waals surface area contributed by atoms with Crippen LogP contribution in [0.15, 0.2) is 18.2 Å². The molecule has 0 unspecified atom stereocenters. The van der Waals surface area contributed by atoms with Crippen LogP contribution in [0.3, 0.4) is 0 Å². The van der Waals surface area contributed by atoms with E-state index in [1.54, 1.807) is 0 Å². The van der Waals surface area contributed by atoms with Crippen LogP contribution >= 0.6 is 0 Å². The molecule has 1 saturated heterocycles. The van der Waals surface area contributed by atoms with E-state index in [9.17, 15) is 14.5 Å². The molecule has 1 aromatic carbocycles. The normalized spacial score (nSPS) is 20.1. The van der Waals surface area contributed by atoms with E-state index in [0.29, 0.717) is 5.56 Å². The lowest BCUT2D eigenvalue weighted by Crippen LogP contribution is -2.41. The highest BCUT2D eigenvalue weighted by Gasteiger charge is 2.51. The number of nitro benzene ring substituents is 1. The molecule has 20 heavy (non-hydrogen) atoms. The van der Waals surface area contributed by atoms with Gasteiger partial charge in [0.25, 0.3) is 5.69 Å². The fourth-order valence-corrected chi connectivity index (χ4v) is 2.11. The number of nitro groups is 1. The lowest BCUT2D eigenvalue weighted by atomic mass is 9.80. The average molecular weight is 281 g/mol. The van der Waals surface area contributed by atoms with Gasteiger partial charge in [-0.2, -0.15) is 0 Å². The molecule has 2 rings (SSSR count). The highest BCUT2D eigenvalue weighted by molar-refractivity contribution is 6.45. The quantitative estimate of drug-likeness (QED) is 0.485. The molecule has 7 heteroatoms. The first-order valence-corrected chi connectivity index (χ1v) is 6.41. The molecule has 0 aliphatic carbocycles. The number of nitrogens with zero attached hydrogens (tertiary/aromatic N) is 1. The average Bonchev–Trinajstić information content (AvgIpc) is 2.49. The van der Waals surface area contributed by atoms with E-state index in [4.69, 9.17) is 9.31 Å². The van der Waals surface area contributed by atoms with Gasteiger partial charge in [-0.1, -0.05) is 0 Å². The summed E-state index contributed by atoms with van der Waals surface area (Å²) in [5.41, 5.74) is -0.839. The van der Waals surface area contributed by atoms with Crippen molar-refractivity contribution in [2.24, 2.45) is 0 Å². The van der Waals surface area contributed by atoms with Crippen molar-refractivity contribution in [1.29, 1.82) is 0 Å². The third-order valence-electron chi connectivity index (χ3n) is 3.93. The third-order valence-corrected chi connectivity index (χ3v) is 3.93. The summed E-state index contributed by atoms with van der Waals surface area (Å²) < 4.78 is 24.7. The molecule has 0 amide bonds. The van der Waals surface area contributed by atoms with Crippen LogP contribution in [-0.2, 0) is 15.6 Å². The van der Waals surface area contributed by atoms with Gasteiger partial charge in [-0.05, 0) is 39.8 Å². The van der Waals surface area contributed by atoms with E-state index in [-0.39, 0.29) is 12.0 Å². The van der Waals surface area contributed by atoms with Crippen LogP contribution in [0.5, 0.6) is 0 Å². The molecule has 0 aromatic heterocycles. The Morgan fingerprint density at radius 2 is 1.80 bits per heavy atom. The van der Waals surface area contributed by atoms with Crippen LogP contribution in [0.4, 0.5) is 10.1 Å². The second-order valence-electron chi connectivity index (χ2n) is 5.92. The first-order chi connectivity index (χ1) is 9.12. The standard InChI is InChI=1S/C13H17BFNO4/c1-12(2)13(3,4)20-14(19-12)8-9-5-6-10(15)7-11(9)16(17)18/h5-7H,8H2,1-4H3. The molecule has 0 bridgehead atoms. The van der Waals surface area contributed by atoms with Crippen molar-refractivity contribution in [3.05, 3.63) is 39.7 Å². The Hall–Kier alpha value is -1.47. The monoisotopic (exact) mass is 281 g/mol. The predicted octanol–water partition coefficient (Wildman–Crippen LogP) is 2.91. The van der Waals surface area contributed by atoms with E-state index in [1.807, 2.05) is 27.7 Å². The van der Waals surface area contributed by atoms with Gasteiger partial charge in [0.2, 0.25) is 0 Å². The number of rotatable bonds is 3. The van der Waals surface area contributed by atoms with Crippen molar-refractivity contribution in [2.75, 3.05) is 0 Å². The first-order valence-electron chi connectivity index (χ1n) is 6.41. The fraction of sp³-hybridized carbons (Fsp3) is 0.538. The smallest absolute Gasteiger partial charge is 0.403 e. The van der Waals surface area contributed by atoms with Gasteiger partial charge in [0.05, 0.1) is 22.2 Å². The van der Waals surface area contributed by atoms with E-state index in [0.717, 1.165) is 6.07 Å². The Kier molecular flexibility index (Phi) is 3.60. The molecule has 1 aromatic rings. The molecule has 1 heterocycles. The molecule has 108 valence electrons. The summed E-state index contributed by atoms with van der Waals surface area (Å²) >= 11 is 0. The molecule has 0 N–H and O–H groups in total. The van der Waals surface area contributed by atoms with Crippen LogP contribution in [0.2, 0.25) is 0 Å². The van der Waals surface area contributed by atoms with Gasteiger partial charge in [-0.3, -0.25) is 10.1 Å². The Morgan fingerprint density at radius 1 is 1.25 bits per heavy atom. The van der Waals surface area contributed by atoms with Crippen LogP contribution in [-0.4, -0.2) is 23.2 Å². The van der Waals surface area contributed by atoms with Gasteiger partial charge in [-0.25, -0.2) is 4.39 Å². The lowest BCUT2D eigenvalue weighted by molar-refractivity contribution is -0.385. The summed E-state index contributed by atoms with van der Waals surface area (Å²) in [6.07, 6.45) is 0.212. The van der Waals surface area contributed by atoms with Gasteiger partial charge < -0.3 is 9.31 Å². The lowest BCUT2D eigenvalue weighted by Gasteiger charge is -2.32. The zero-order valence-electron chi connectivity index (χ0n) is 12.0. The van der Waals surface area contributed by atoms with Crippen LogP contribution in [0.1, 0.15) is 33.3 Å². The maximum absolute atomic E-state index is 13.1. The number of hydrogen-bond acceptors (Lipinski definition) is 4. The molecule has 1 aliphatic heterocycles. The van der Waals surface area contributed by atoms with Gasteiger partial charge in [0.15, 0.2) is 0 Å². The topological polar surface area (TPSA) is 61.6 Å². The third kappa shape index (κ3) is 2.69. The molecule has 0 spiro atoms. The highest BCUT2D eigenvalue weighted by Crippen LogP contribution is 2.38. The molecule has 0 atom stereocenters. The Labute approximate surface area is 117 Å². The van der Waals surface area contributed by atoms with Crippen LogP contribution in [0.25, 0.3) is 0 Å². The Morgan fingerprint density at radius 3 is 2.30 bits per heavy atom. The number of halogens is 1. The number of hydrogen-bond donors (Lipinski definition) is 0. The van der Waals surface area contributed by atoms with Crippen LogP contribution < -0.4 is 0 Å². The summed E-state index contributed by atoms with van der Waals surface area (Å²) in [5.74, 6) is -0.630. The van der Waals surface area contributed by atoms with Crippen LogP contribution in [0, 0.1) is 15.9 Å². The van der Waals surface area contributed by atoms with Gasteiger partial charge >= 0.3 is 7.12 Å². The zero-order valence-corrected chi connectivity index (χ0v) is 12.0. The molecule has 5 nitrogen and oxygen atoms in total. The summed E-state index contributed by atoms with van der Waals surface area (Å²) in [6, 6.07) is 3.52. The molecular weight excluding hydrogens is 264 g/mol. The van der Waals surface area contributed by atoms with E-state index >= 15 is 0 Å². The Bertz CT molecular complexity index is 531. The molecule has 0 saturated carbocycles. The maximum atomic E-state index is 13.1. The Balaban J connectivity index is 2.22. The minimum atomic E-state index is -0.630. The van der Waals surface area contributed by atoms with Gasteiger partial charge in [0, 0.05) is 11.9 Å². The van der Waals surface area contributed by atoms with E-state index in [2.05, 4.69) is 0 Å².